The van der Waals surface area contributed by atoms with E-state index in [1.807, 2.05) is 33.3 Å². The van der Waals surface area contributed by atoms with Gasteiger partial charge in [0, 0.05) is 18.8 Å². The summed E-state index contributed by atoms with van der Waals surface area (Å²) in [6.07, 6.45) is 5.62. The van der Waals surface area contributed by atoms with E-state index in [0.29, 0.717) is 12.6 Å². The average Bonchev–Trinajstić information content (AvgIpc) is 2.82. The van der Waals surface area contributed by atoms with Gasteiger partial charge in [-0.2, -0.15) is 0 Å². The van der Waals surface area contributed by atoms with Crippen LogP contribution in [0.15, 0.2) is 12.5 Å². The number of hydrogen-bond acceptors (Lipinski definition) is 4. The zero-order valence-corrected chi connectivity index (χ0v) is 13.4. The quantitative estimate of drug-likeness (QED) is 0.928. The van der Waals surface area contributed by atoms with Crippen molar-refractivity contribution in [1.29, 1.82) is 0 Å². The van der Waals surface area contributed by atoms with Crippen molar-refractivity contribution in [3.63, 3.8) is 0 Å². The highest BCUT2D eigenvalue weighted by Gasteiger charge is 2.21. The van der Waals surface area contributed by atoms with Gasteiger partial charge in [-0.25, -0.2) is 9.78 Å². The van der Waals surface area contributed by atoms with Gasteiger partial charge in [0.2, 0.25) is 0 Å². The lowest BCUT2D eigenvalue weighted by Gasteiger charge is -2.31. The number of rotatable bonds is 3. The van der Waals surface area contributed by atoms with Crippen molar-refractivity contribution in [3.8, 4) is 0 Å². The smallest absolute Gasteiger partial charge is 0.407 e. The summed E-state index contributed by atoms with van der Waals surface area (Å²) in [7, 11) is 2.14. The summed E-state index contributed by atoms with van der Waals surface area (Å²) in [5.74, 6) is 0. The lowest BCUT2D eigenvalue weighted by Crippen LogP contribution is -2.35. The molecule has 1 unspecified atom stereocenters. The average molecular weight is 294 g/mol. The fourth-order valence-corrected chi connectivity index (χ4v) is 2.64. The molecule has 1 amide bonds. The summed E-state index contributed by atoms with van der Waals surface area (Å²) in [6.45, 7) is 8.18. The van der Waals surface area contributed by atoms with Gasteiger partial charge in [-0.05, 0) is 47.2 Å². The minimum Gasteiger partial charge on any atom is -0.444 e. The molecule has 0 aromatic carbocycles. The summed E-state index contributed by atoms with van der Waals surface area (Å²) in [6, 6.07) is 0.432. The van der Waals surface area contributed by atoms with Crippen LogP contribution in [0.1, 0.15) is 45.3 Å². The van der Waals surface area contributed by atoms with Crippen LogP contribution in [0.25, 0.3) is 0 Å². The first-order valence-corrected chi connectivity index (χ1v) is 7.51. The number of carbonyl (C=O) groups is 1. The molecular formula is C15H26N4O2. The van der Waals surface area contributed by atoms with E-state index in [9.17, 15) is 4.79 Å². The van der Waals surface area contributed by atoms with E-state index in [2.05, 4.69) is 26.8 Å². The first-order chi connectivity index (χ1) is 9.85. The van der Waals surface area contributed by atoms with Crippen LogP contribution in [0.5, 0.6) is 0 Å². The first kappa shape index (κ1) is 15.8. The van der Waals surface area contributed by atoms with Crippen molar-refractivity contribution in [2.45, 2.75) is 51.8 Å². The van der Waals surface area contributed by atoms with E-state index >= 15 is 0 Å². The molecule has 0 radical (unpaired) electrons. The Labute approximate surface area is 126 Å². The molecule has 6 nitrogen and oxygen atoms in total. The van der Waals surface area contributed by atoms with Crippen molar-refractivity contribution < 1.29 is 9.53 Å². The van der Waals surface area contributed by atoms with Crippen molar-refractivity contribution >= 4 is 6.09 Å². The third kappa shape index (κ3) is 4.74. The molecule has 1 atom stereocenters. The van der Waals surface area contributed by atoms with E-state index in [1.165, 1.54) is 6.42 Å². The third-order valence-electron chi connectivity index (χ3n) is 3.55. The minimum atomic E-state index is -0.476. The zero-order chi connectivity index (χ0) is 15.5. The largest absolute Gasteiger partial charge is 0.444 e. The highest BCUT2D eigenvalue weighted by atomic mass is 16.6. The maximum absolute atomic E-state index is 11.7. The van der Waals surface area contributed by atoms with Crippen LogP contribution < -0.4 is 5.32 Å². The second-order valence-corrected chi connectivity index (χ2v) is 6.71. The Morgan fingerprint density at radius 2 is 2.29 bits per heavy atom. The van der Waals surface area contributed by atoms with Crippen molar-refractivity contribution in [2.24, 2.45) is 0 Å². The van der Waals surface area contributed by atoms with Crippen LogP contribution >= 0.6 is 0 Å². The van der Waals surface area contributed by atoms with Gasteiger partial charge in [0.1, 0.15) is 5.60 Å². The van der Waals surface area contributed by atoms with Gasteiger partial charge in [0.25, 0.3) is 0 Å². The molecule has 0 spiro atoms. The lowest BCUT2D eigenvalue weighted by molar-refractivity contribution is 0.0521. The maximum atomic E-state index is 11.7. The molecule has 2 heterocycles. The first-order valence-electron chi connectivity index (χ1n) is 7.51. The van der Waals surface area contributed by atoms with Crippen LogP contribution in [0, 0.1) is 0 Å². The van der Waals surface area contributed by atoms with Crippen LogP contribution in [-0.2, 0) is 11.3 Å². The summed E-state index contributed by atoms with van der Waals surface area (Å²) in [5, 5.41) is 2.80. The van der Waals surface area contributed by atoms with Gasteiger partial charge in [-0.15, -0.1) is 0 Å². The number of imidazole rings is 1. The van der Waals surface area contributed by atoms with Gasteiger partial charge < -0.3 is 19.5 Å². The monoisotopic (exact) mass is 294 g/mol. The number of likely N-dealkylation sites (N-methyl/N-ethyl adjacent to an activating group) is 1. The summed E-state index contributed by atoms with van der Waals surface area (Å²) >= 11 is 0. The summed E-state index contributed by atoms with van der Waals surface area (Å²) in [5.41, 5.74) is 0.539. The number of nitrogens with zero attached hydrogens (tertiary/aromatic N) is 3. The number of alkyl carbamates (subject to hydrolysis) is 1. The number of likely N-dealkylation sites (tertiary alicyclic amines) is 1. The topological polar surface area (TPSA) is 59.4 Å². The Balaban J connectivity index is 1.93. The number of aromatic nitrogens is 2. The number of nitrogens with one attached hydrogen (secondary N) is 1. The molecule has 6 heteroatoms. The van der Waals surface area contributed by atoms with E-state index < -0.39 is 11.7 Å². The van der Waals surface area contributed by atoms with Gasteiger partial charge in [-0.1, -0.05) is 0 Å². The van der Waals surface area contributed by atoms with E-state index in [1.54, 1.807) is 0 Å². The molecule has 1 N–H and O–H groups in total. The second-order valence-electron chi connectivity index (χ2n) is 6.71. The lowest BCUT2D eigenvalue weighted by atomic mass is 10.1. The van der Waals surface area contributed by atoms with Gasteiger partial charge in [0.05, 0.1) is 18.6 Å². The molecule has 0 saturated carbocycles. The fraction of sp³-hybridized carbons (Fsp3) is 0.733. The van der Waals surface area contributed by atoms with E-state index in [4.69, 9.17) is 4.74 Å². The zero-order valence-electron chi connectivity index (χ0n) is 13.4. The Morgan fingerprint density at radius 1 is 1.52 bits per heavy atom. The highest BCUT2D eigenvalue weighted by Crippen LogP contribution is 2.22. The molecule has 0 aliphatic carbocycles. The molecular weight excluding hydrogens is 268 g/mol. The van der Waals surface area contributed by atoms with Crippen molar-refractivity contribution in [3.05, 3.63) is 18.2 Å². The van der Waals surface area contributed by atoms with Gasteiger partial charge >= 0.3 is 6.09 Å². The Bertz CT molecular complexity index is 478. The van der Waals surface area contributed by atoms with E-state index in [0.717, 1.165) is 25.2 Å². The molecule has 1 aromatic rings. The molecule has 21 heavy (non-hydrogen) atoms. The molecule has 1 fully saturated rings. The van der Waals surface area contributed by atoms with Crippen LogP contribution in [0.2, 0.25) is 0 Å². The molecule has 2 rings (SSSR count). The predicted molar refractivity (Wildman–Crippen MR) is 81.1 cm³/mol. The summed E-state index contributed by atoms with van der Waals surface area (Å²) in [4.78, 5) is 18.3. The van der Waals surface area contributed by atoms with Crippen molar-refractivity contribution in [2.75, 3.05) is 20.1 Å². The Hall–Kier alpha value is -1.56. The number of amides is 1. The molecule has 1 saturated heterocycles. The minimum absolute atomic E-state index is 0.393. The maximum Gasteiger partial charge on any atom is 0.407 e. The molecule has 1 aromatic heterocycles. The van der Waals surface area contributed by atoms with Crippen molar-refractivity contribution in [1.82, 2.24) is 19.8 Å². The van der Waals surface area contributed by atoms with Gasteiger partial charge in [0.15, 0.2) is 0 Å². The SMILES string of the molecule is CN1CCCC(n2cncc2CNC(=O)OC(C)(C)C)C1. The number of ether oxygens (including phenoxy) is 1. The third-order valence-corrected chi connectivity index (χ3v) is 3.55. The Morgan fingerprint density at radius 3 is 2.95 bits per heavy atom. The van der Waals surface area contributed by atoms with E-state index in [-0.39, 0.29) is 0 Å². The van der Waals surface area contributed by atoms with Crippen LogP contribution in [-0.4, -0.2) is 46.3 Å². The number of carbonyl (C=O) groups excluding carboxylic acids is 1. The predicted octanol–water partition coefficient (Wildman–Crippen LogP) is 2.17. The molecule has 1 aliphatic heterocycles. The standard InChI is InChI=1S/C15H26N4O2/c1-15(2,3)21-14(20)17-9-13-8-16-11-19(13)12-6-5-7-18(4)10-12/h8,11-12H,5-7,9-10H2,1-4H3,(H,17,20). The normalized spacial score (nSPS) is 20.3. The fourth-order valence-electron chi connectivity index (χ4n) is 2.64. The van der Waals surface area contributed by atoms with Crippen LogP contribution in [0.4, 0.5) is 4.79 Å². The molecule has 118 valence electrons. The molecule has 0 bridgehead atoms. The summed E-state index contributed by atoms with van der Waals surface area (Å²) < 4.78 is 7.42. The Kier molecular flexibility index (Phi) is 4.88. The number of hydrogen-bond donors (Lipinski definition) is 1. The molecule has 1 aliphatic rings. The second kappa shape index (κ2) is 6.47. The highest BCUT2D eigenvalue weighted by molar-refractivity contribution is 5.67. The number of piperidine rings is 1. The van der Waals surface area contributed by atoms with Crippen LogP contribution in [0.3, 0.4) is 0 Å². The van der Waals surface area contributed by atoms with Gasteiger partial charge in [-0.3, -0.25) is 0 Å².